The Bertz CT molecular complexity index is 686. The lowest BCUT2D eigenvalue weighted by Crippen LogP contribution is -2.29. The number of methoxy groups -OCH3 is 1. The predicted molar refractivity (Wildman–Crippen MR) is 104 cm³/mol. The van der Waals surface area contributed by atoms with E-state index >= 15 is 0 Å². The first kappa shape index (κ1) is 21.4. The summed E-state index contributed by atoms with van der Waals surface area (Å²) in [5.41, 5.74) is 3.70. The van der Waals surface area contributed by atoms with Crippen LogP contribution in [-0.2, 0) is 32.0 Å². The second-order valence-corrected chi connectivity index (χ2v) is 7.97. The molecule has 0 saturated heterocycles. The molecule has 0 radical (unpaired) electrons. The van der Waals surface area contributed by atoms with Crippen LogP contribution in [0.4, 0.5) is 5.00 Å². The number of hydrogen-bond donors (Lipinski definition) is 2. The second kappa shape index (κ2) is 10.4. The van der Waals surface area contributed by atoms with Crippen molar-refractivity contribution in [3.63, 3.8) is 0 Å². The molecule has 0 aromatic carbocycles. The van der Waals surface area contributed by atoms with Crippen molar-refractivity contribution < 1.29 is 24.0 Å². The molecule has 1 aliphatic carbocycles. The topological polar surface area (TPSA) is 93.7 Å². The zero-order chi connectivity index (χ0) is 19.8. The molecule has 1 aromatic heterocycles. The van der Waals surface area contributed by atoms with Crippen LogP contribution >= 0.6 is 11.3 Å². The number of carbonyl (C=O) groups excluding carboxylic acids is 3. The van der Waals surface area contributed by atoms with Crippen LogP contribution in [0.3, 0.4) is 0 Å². The molecule has 8 heteroatoms. The molecule has 0 aliphatic heterocycles. The highest BCUT2D eigenvalue weighted by molar-refractivity contribution is 7.17. The number of fused-ring (bicyclic) bond motifs is 1. The van der Waals surface area contributed by atoms with Crippen LogP contribution in [-0.4, -0.2) is 31.5 Å². The first-order valence-electron chi connectivity index (χ1n) is 9.39. The van der Waals surface area contributed by atoms with E-state index in [1.807, 2.05) is 0 Å². The molecular formula is C19H28N2O5S. The minimum atomic E-state index is -0.442. The fourth-order valence-electron chi connectivity index (χ4n) is 3.09. The quantitative estimate of drug-likeness (QED) is 0.380. The van der Waals surface area contributed by atoms with Gasteiger partial charge < -0.3 is 10.1 Å². The summed E-state index contributed by atoms with van der Waals surface area (Å²) in [6.07, 6.45) is 5.88. The van der Waals surface area contributed by atoms with Gasteiger partial charge in [0.2, 0.25) is 5.91 Å². The van der Waals surface area contributed by atoms with Gasteiger partial charge in [-0.15, -0.1) is 11.3 Å². The highest BCUT2D eigenvalue weighted by atomic mass is 32.1. The van der Waals surface area contributed by atoms with Crippen molar-refractivity contribution in [1.82, 2.24) is 5.48 Å². The van der Waals surface area contributed by atoms with Crippen LogP contribution in [0.2, 0.25) is 0 Å². The third-order valence-electron chi connectivity index (χ3n) is 4.55. The number of nitrogens with one attached hydrogen (secondary N) is 2. The molecule has 2 amide bonds. The fraction of sp³-hybridized carbons (Fsp3) is 0.632. The average molecular weight is 397 g/mol. The predicted octanol–water partition coefficient (Wildman–Crippen LogP) is 3.23. The van der Waals surface area contributed by atoms with Crippen molar-refractivity contribution in [2.24, 2.45) is 5.92 Å². The molecule has 1 atom stereocenters. The number of ether oxygens (including phenoxy) is 1. The fourth-order valence-corrected chi connectivity index (χ4v) is 4.50. The number of thiophene rings is 1. The third-order valence-corrected chi connectivity index (χ3v) is 5.72. The normalized spacial score (nSPS) is 15.7. The van der Waals surface area contributed by atoms with Crippen molar-refractivity contribution in [2.75, 3.05) is 19.0 Å². The lowest BCUT2D eigenvalue weighted by molar-refractivity contribution is -0.137. The molecule has 2 rings (SSSR count). The second-order valence-electron chi connectivity index (χ2n) is 6.87. The number of hydrogen-bond acceptors (Lipinski definition) is 6. The summed E-state index contributed by atoms with van der Waals surface area (Å²) in [7, 11) is 1.33. The van der Waals surface area contributed by atoms with Gasteiger partial charge in [0.05, 0.1) is 12.7 Å². The summed E-state index contributed by atoms with van der Waals surface area (Å²) in [6.45, 7) is 3.92. The first-order chi connectivity index (χ1) is 13.0. The molecule has 150 valence electrons. The Balaban J connectivity index is 1.93. The maximum absolute atomic E-state index is 12.2. The molecule has 1 heterocycles. The van der Waals surface area contributed by atoms with E-state index in [0.29, 0.717) is 22.9 Å². The lowest BCUT2D eigenvalue weighted by Gasteiger charge is -2.18. The Labute approximate surface area is 163 Å². The molecule has 1 aliphatic rings. The minimum Gasteiger partial charge on any atom is -0.465 e. The lowest BCUT2D eigenvalue weighted by atomic mass is 9.88. The Hall–Kier alpha value is -1.93. The molecule has 2 N–H and O–H groups in total. The van der Waals surface area contributed by atoms with Crippen LogP contribution in [0.25, 0.3) is 0 Å². The van der Waals surface area contributed by atoms with Crippen molar-refractivity contribution >= 4 is 34.1 Å². The Morgan fingerprint density at radius 3 is 2.70 bits per heavy atom. The van der Waals surface area contributed by atoms with E-state index in [0.717, 1.165) is 49.0 Å². The maximum Gasteiger partial charge on any atom is 0.341 e. The van der Waals surface area contributed by atoms with Crippen LogP contribution in [0.15, 0.2) is 0 Å². The molecule has 7 nitrogen and oxygen atoms in total. The molecule has 0 fully saturated rings. The third kappa shape index (κ3) is 6.04. The van der Waals surface area contributed by atoms with Crippen LogP contribution < -0.4 is 10.8 Å². The molecule has 0 spiro atoms. The van der Waals surface area contributed by atoms with E-state index in [-0.39, 0.29) is 12.5 Å². The van der Waals surface area contributed by atoms with Crippen LogP contribution in [0.5, 0.6) is 0 Å². The number of esters is 1. The van der Waals surface area contributed by atoms with Crippen LogP contribution in [0, 0.1) is 5.92 Å². The number of unbranched alkanes of at least 4 members (excludes halogenated alkanes) is 2. The van der Waals surface area contributed by atoms with Gasteiger partial charge in [-0.1, -0.05) is 26.7 Å². The van der Waals surface area contributed by atoms with Gasteiger partial charge in [-0.2, -0.15) is 0 Å². The number of amides is 2. The zero-order valence-electron chi connectivity index (χ0n) is 16.2. The summed E-state index contributed by atoms with van der Waals surface area (Å²) in [5.74, 6) is -0.563. The Morgan fingerprint density at radius 1 is 1.22 bits per heavy atom. The van der Waals surface area contributed by atoms with E-state index in [1.54, 1.807) is 0 Å². The Kier molecular flexibility index (Phi) is 8.24. The number of anilines is 1. The minimum absolute atomic E-state index is 0.243. The monoisotopic (exact) mass is 396 g/mol. The molecular weight excluding hydrogens is 368 g/mol. The molecule has 1 unspecified atom stereocenters. The Morgan fingerprint density at radius 2 is 2.00 bits per heavy atom. The van der Waals surface area contributed by atoms with Crippen molar-refractivity contribution in [3.05, 3.63) is 16.0 Å². The van der Waals surface area contributed by atoms with Crippen molar-refractivity contribution in [1.29, 1.82) is 0 Å². The van der Waals surface area contributed by atoms with Crippen molar-refractivity contribution in [3.8, 4) is 0 Å². The number of hydroxylamine groups is 1. The van der Waals surface area contributed by atoms with Crippen molar-refractivity contribution in [2.45, 2.75) is 58.8 Å². The zero-order valence-corrected chi connectivity index (χ0v) is 17.0. The van der Waals surface area contributed by atoms with E-state index in [4.69, 9.17) is 9.57 Å². The number of carbonyl (C=O) groups is 3. The smallest absolute Gasteiger partial charge is 0.341 e. The van der Waals surface area contributed by atoms with E-state index in [9.17, 15) is 14.4 Å². The van der Waals surface area contributed by atoms with Gasteiger partial charge in [-0.25, -0.2) is 10.3 Å². The van der Waals surface area contributed by atoms with Gasteiger partial charge in [0.15, 0.2) is 6.61 Å². The van der Waals surface area contributed by atoms with Gasteiger partial charge in [-0.05, 0) is 37.2 Å². The molecule has 0 saturated carbocycles. The molecule has 27 heavy (non-hydrogen) atoms. The summed E-state index contributed by atoms with van der Waals surface area (Å²) in [6, 6.07) is 0. The average Bonchev–Trinajstić information content (AvgIpc) is 2.97. The summed E-state index contributed by atoms with van der Waals surface area (Å²) in [5, 5.41) is 3.22. The van der Waals surface area contributed by atoms with Gasteiger partial charge in [0.25, 0.3) is 5.91 Å². The maximum atomic E-state index is 12.2. The summed E-state index contributed by atoms with van der Waals surface area (Å²) < 4.78 is 4.90. The highest BCUT2D eigenvalue weighted by Crippen LogP contribution is 2.39. The SMILES string of the molecule is CCCCCC(=O)NOCC(=O)Nc1sc2c(c1C(=O)OC)CCC(C)C2. The molecule has 1 aromatic rings. The van der Waals surface area contributed by atoms with Gasteiger partial charge in [0, 0.05) is 11.3 Å². The summed E-state index contributed by atoms with van der Waals surface area (Å²) in [4.78, 5) is 42.0. The van der Waals surface area contributed by atoms with Gasteiger partial charge >= 0.3 is 5.97 Å². The van der Waals surface area contributed by atoms with Gasteiger partial charge in [-0.3, -0.25) is 14.4 Å². The van der Waals surface area contributed by atoms with E-state index in [2.05, 4.69) is 24.6 Å². The highest BCUT2D eigenvalue weighted by Gasteiger charge is 2.28. The van der Waals surface area contributed by atoms with Crippen LogP contribution in [0.1, 0.15) is 66.8 Å². The standard InChI is InChI=1S/C19H28N2O5S/c1-4-5-6-7-15(22)21-26-11-16(23)20-18-17(19(24)25-3)13-9-8-12(2)10-14(13)27-18/h12H,4-11H2,1-3H3,(H,20,23)(H,21,22). The van der Waals surface area contributed by atoms with E-state index in [1.165, 1.54) is 18.4 Å². The first-order valence-corrected chi connectivity index (χ1v) is 10.2. The summed E-state index contributed by atoms with van der Waals surface area (Å²) >= 11 is 1.42. The van der Waals surface area contributed by atoms with Gasteiger partial charge in [0.1, 0.15) is 5.00 Å². The van der Waals surface area contributed by atoms with E-state index < -0.39 is 11.9 Å². The largest absolute Gasteiger partial charge is 0.465 e. The number of rotatable bonds is 9. The molecule has 0 bridgehead atoms.